The lowest BCUT2D eigenvalue weighted by molar-refractivity contribution is -0.0533. The molecule has 1 saturated heterocycles. The highest BCUT2D eigenvalue weighted by atomic mass is 35.5. The second-order valence-corrected chi connectivity index (χ2v) is 6.72. The molecule has 4 N–H and O–H groups in total. The number of hydrogen-bond acceptors (Lipinski definition) is 4. The second-order valence-electron chi connectivity index (χ2n) is 6.33. The standard InChI is InChI=1S/C16H16ClN3O3/c17-12-3-10-8(5-19-12)1-2-9-13(15(21)22)11(20-14(9)10)4-16(18)6-23-7-16/h3,5,20H,1-2,4,6-7,18H2,(H,21,22). The molecule has 4 rings (SSSR count). The summed E-state index contributed by atoms with van der Waals surface area (Å²) in [7, 11) is 0. The molecule has 0 saturated carbocycles. The number of rotatable bonds is 3. The van der Waals surface area contributed by atoms with Gasteiger partial charge in [-0.15, -0.1) is 0 Å². The molecule has 23 heavy (non-hydrogen) atoms. The first kappa shape index (κ1) is 14.7. The van der Waals surface area contributed by atoms with Crippen molar-refractivity contribution in [1.82, 2.24) is 9.97 Å². The van der Waals surface area contributed by atoms with Crippen LogP contribution in [0.2, 0.25) is 5.15 Å². The molecule has 1 aliphatic carbocycles. The Kier molecular flexibility index (Phi) is 3.23. The van der Waals surface area contributed by atoms with E-state index in [4.69, 9.17) is 22.1 Å². The van der Waals surface area contributed by atoms with Crippen LogP contribution < -0.4 is 5.73 Å². The van der Waals surface area contributed by atoms with Crippen molar-refractivity contribution in [3.05, 3.63) is 39.8 Å². The van der Waals surface area contributed by atoms with Crippen LogP contribution in [-0.2, 0) is 24.0 Å². The van der Waals surface area contributed by atoms with Crippen LogP contribution in [0.15, 0.2) is 12.3 Å². The highest BCUT2D eigenvalue weighted by Crippen LogP contribution is 2.38. The van der Waals surface area contributed by atoms with Crippen molar-refractivity contribution in [3.63, 3.8) is 0 Å². The van der Waals surface area contributed by atoms with Crippen LogP contribution in [0.1, 0.15) is 27.2 Å². The topological polar surface area (TPSA) is 101 Å². The average Bonchev–Trinajstić information content (AvgIpc) is 2.84. The third-order valence-corrected chi connectivity index (χ3v) is 4.78. The van der Waals surface area contributed by atoms with Gasteiger partial charge in [-0.1, -0.05) is 11.6 Å². The number of aromatic amines is 1. The van der Waals surface area contributed by atoms with Crippen molar-refractivity contribution in [1.29, 1.82) is 0 Å². The SMILES string of the molecule is NC1(Cc2[nH]c3c(c2C(=O)O)CCc2cnc(Cl)cc2-3)COC1. The lowest BCUT2D eigenvalue weighted by Gasteiger charge is -2.37. The van der Waals surface area contributed by atoms with E-state index in [-0.39, 0.29) is 0 Å². The fourth-order valence-electron chi connectivity index (χ4n) is 3.43. The van der Waals surface area contributed by atoms with Gasteiger partial charge in [0, 0.05) is 23.9 Å². The molecule has 6 nitrogen and oxygen atoms in total. The Morgan fingerprint density at radius 3 is 2.91 bits per heavy atom. The maximum absolute atomic E-state index is 11.8. The van der Waals surface area contributed by atoms with Gasteiger partial charge in [-0.05, 0) is 30.0 Å². The number of nitrogens with two attached hydrogens (primary N) is 1. The first-order valence-electron chi connectivity index (χ1n) is 7.45. The van der Waals surface area contributed by atoms with Crippen molar-refractivity contribution in [2.75, 3.05) is 13.2 Å². The number of ether oxygens (including phenoxy) is 1. The van der Waals surface area contributed by atoms with Crippen LogP contribution in [0.25, 0.3) is 11.3 Å². The summed E-state index contributed by atoms with van der Waals surface area (Å²) in [6.45, 7) is 0.893. The number of pyridine rings is 1. The van der Waals surface area contributed by atoms with Crippen LogP contribution in [0.4, 0.5) is 0 Å². The summed E-state index contributed by atoms with van der Waals surface area (Å²) in [5.74, 6) is -0.926. The number of aromatic carboxylic acids is 1. The van der Waals surface area contributed by atoms with Crippen molar-refractivity contribution < 1.29 is 14.6 Å². The minimum Gasteiger partial charge on any atom is -0.478 e. The maximum atomic E-state index is 11.8. The monoisotopic (exact) mass is 333 g/mol. The molecule has 3 heterocycles. The number of H-pyrrole nitrogens is 1. The molecule has 2 aromatic rings. The Hall–Kier alpha value is -1.89. The van der Waals surface area contributed by atoms with Gasteiger partial charge in [0.15, 0.2) is 0 Å². The number of nitrogens with one attached hydrogen (secondary N) is 1. The van der Waals surface area contributed by atoms with Crippen LogP contribution in [-0.4, -0.2) is 39.8 Å². The lowest BCUT2D eigenvalue weighted by Crippen LogP contribution is -2.59. The largest absolute Gasteiger partial charge is 0.478 e. The van der Waals surface area contributed by atoms with Gasteiger partial charge in [-0.2, -0.15) is 0 Å². The minimum absolute atomic E-state index is 0.343. The zero-order chi connectivity index (χ0) is 16.2. The molecular formula is C16H16ClN3O3. The fourth-order valence-corrected chi connectivity index (χ4v) is 3.59. The van der Waals surface area contributed by atoms with E-state index < -0.39 is 11.5 Å². The van der Waals surface area contributed by atoms with E-state index in [9.17, 15) is 9.90 Å². The first-order chi connectivity index (χ1) is 11.0. The summed E-state index contributed by atoms with van der Waals surface area (Å²) in [5.41, 5.74) is 10.4. The summed E-state index contributed by atoms with van der Waals surface area (Å²) >= 11 is 6.01. The van der Waals surface area contributed by atoms with Crippen LogP contribution in [0, 0.1) is 0 Å². The molecule has 0 bridgehead atoms. The number of nitrogens with zero attached hydrogens (tertiary/aromatic N) is 1. The van der Waals surface area contributed by atoms with E-state index in [2.05, 4.69) is 9.97 Å². The molecule has 0 aromatic carbocycles. The Morgan fingerprint density at radius 1 is 1.48 bits per heavy atom. The summed E-state index contributed by atoms with van der Waals surface area (Å²) in [6, 6.07) is 1.78. The van der Waals surface area contributed by atoms with Crippen molar-refractivity contribution in [2.24, 2.45) is 5.73 Å². The van der Waals surface area contributed by atoms with E-state index in [1.165, 1.54) is 0 Å². The summed E-state index contributed by atoms with van der Waals surface area (Å²) in [6.07, 6.45) is 3.63. The van der Waals surface area contributed by atoms with E-state index in [0.29, 0.717) is 42.5 Å². The van der Waals surface area contributed by atoms with E-state index in [1.54, 1.807) is 12.3 Å². The molecule has 120 valence electrons. The van der Waals surface area contributed by atoms with Gasteiger partial charge >= 0.3 is 5.97 Å². The molecule has 0 spiro atoms. The van der Waals surface area contributed by atoms with Gasteiger partial charge in [0.2, 0.25) is 0 Å². The van der Waals surface area contributed by atoms with Crippen LogP contribution in [0.5, 0.6) is 0 Å². The maximum Gasteiger partial charge on any atom is 0.337 e. The van der Waals surface area contributed by atoms with Gasteiger partial charge in [0.1, 0.15) is 5.15 Å². The number of fused-ring (bicyclic) bond motifs is 3. The molecule has 7 heteroatoms. The molecule has 1 fully saturated rings. The van der Waals surface area contributed by atoms with Gasteiger partial charge < -0.3 is 20.6 Å². The molecule has 2 aromatic heterocycles. The quantitative estimate of drug-likeness (QED) is 0.743. The highest BCUT2D eigenvalue weighted by molar-refractivity contribution is 6.29. The average molecular weight is 334 g/mol. The summed E-state index contributed by atoms with van der Waals surface area (Å²) in [4.78, 5) is 19.2. The number of halogens is 1. The number of carboxylic acid groups (broad SMARTS) is 1. The van der Waals surface area contributed by atoms with Crippen LogP contribution >= 0.6 is 11.6 Å². The van der Waals surface area contributed by atoms with Crippen molar-refractivity contribution in [2.45, 2.75) is 24.8 Å². The molecule has 0 amide bonds. The third kappa shape index (κ3) is 2.34. The third-order valence-electron chi connectivity index (χ3n) is 4.57. The second kappa shape index (κ2) is 5.06. The van der Waals surface area contributed by atoms with Crippen molar-refractivity contribution >= 4 is 17.6 Å². The van der Waals surface area contributed by atoms with E-state index >= 15 is 0 Å². The molecule has 0 radical (unpaired) electrons. The lowest BCUT2D eigenvalue weighted by atomic mass is 9.87. The first-order valence-corrected chi connectivity index (χ1v) is 7.83. The van der Waals surface area contributed by atoms with E-state index in [1.807, 2.05) is 0 Å². The molecule has 0 unspecified atom stereocenters. The molecular weight excluding hydrogens is 318 g/mol. The summed E-state index contributed by atoms with van der Waals surface area (Å²) in [5, 5.41) is 10.1. The highest BCUT2D eigenvalue weighted by Gasteiger charge is 2.37. The number of aromatic nitrogens is 2. The van der Waals surface area contributed by atoms with E-state index in [0.717, 1.165) is 28.8 Å². The van der Waals surface area contributed by atoms with Crippen molar-refractivity contribution in [3.8, 4) is 11.3 Å². The molecule has 1 aliphatic heterocycles. The predicted octanol–water partition coefficient (Wildman–Crippen LogP) is 1.80. The Balaban J connectivity index is 1.85. The number of carboxylic acids is 1. The van der Waals surface area contributed by atoms with Gasteiger partial charge in [-0.3, -0.25) is 0 Å². The zero-order valence-corrected chi connectivity index (χ0v) is 13.1. The Labute approximate surface area is 137 Å². The molecule has 0 atom stereocenters. The Bertz CT molecular complexity index is 811. The fraction of sp³-hybridized carbons (Fsp3) is 0.375. The minimum atomic E-state index is -0.926. The smallest absolute Gasteiger partial charge is 0.337 e. The number of carbonyl (C=O) groups is 1. The number of hydrogen-bond donors (Lipinski definition) is 3. The van der Waals surface area contributed by atoms with Gasteiger partial charge in [-0.25, -0.2) is 9.78 Å². The molecule has 2 aliphatic rings. The van der Waals surface area contributed by atoms with Gasteiger partial charge in [0.05, 0.1) is 30.0 Å². The van der Waals surface area contributed by atoms with Crippen LogP contribution in [0.3, 0.4) is 0 Å². The predicted molar refractivity (Wildman–Crippen MR) is 84.8 cm³/mol. The Morgan fingerprint density at radius 2 is 2.26 bits per heavy atom. The zero-order valence-electron chi connectivity index (χ0n) is 12.4. The normalized spacial score (nSPS) is 18.0. The summed E-state index contributed by atoms with van der Waals surface area (Å²) < 4.78 is 5.17. The number of aryl methyl sites for hydroxylation is 1. The van der Waals surface area contributed by atoms with Gasteiger partial charge in [0.25, 0.3) is 0 Å².